The van der Waals surface area contributed by atoms with E-state index in [4.69, 9.17) is 11.6 Å². The van der Waals surface area contributed by atoms with E-state index in [2.05, 4.69) is 0 Å². The summed E-state index contributed by atoms with van der Waals surface area (Å²) in [7, 11) is -3.88. The molecule has 2 rings (SSSR count). The second kappa shape index (κ2) is 5.10. The molecule has 2 aromatic carbocycles. The van der Waals surface area contributed by atoms with E-state index in [1.165, 1.54) is 24.3 Å². The third-order valence-corrected chi connectivity index (χ3v) is 4.60. The van der Waals surface area contributed by atoms with Crippen molar-refractivity contribution in [3.8, 4) is 0 Å². The van der Waals surface area contributed by atoms with Gasteiger partial charge in [0.05, 0.1) is 15.4 Å². The monoisotopic (exact) mass is 320 g/mol. The maximum absolute atomic E-state index is 12.4. The van der Waals surface area contributed by atoms with Crippen LogP contribution in [0.3, 0.4) is 0 Å². The third kappa shape index (κ3) is 2.96. The van der Waals surface area contributed by atoms with Crippen LogP contribution < -0.4 is 0 Å². The molecule has 0 amide bonds. The van der Waals surface area contributed by atoms with Gasteiger partial charge in [0.2, 0.25) is 9.84 Å². The van der Waals surface area contributed by atoms with Crippen LogP contribution in [0.2, 0.25) is 5.02 Å². The summed E-state index contributed by atoms with van der Waals surface area (Å²) >= 11 is 5.71. The molecule has 0 saturated heterocycles. The Balaban J connectivity index is 2.45. The minimum Gasteiger partial charge on any atom is -0.219 e. The number of halogens is 4. The van der Waals surface area contributed by atoms with Gasteiger partial charge in [0.25, 0.3) is 0 Å². The van der Waals surface area contributed by atoms with E-state index < -0.39 is 21.6 Å². The molecule has 20 heavy (non-hydrogen) atoms. The highest BCUT2D eigenvalue weighted by Gasteiger charge is 2.30. The second-order valence-corrected chi connectivity index (χ2v) is 6.37. The molecule has 0 aliphatic heterocycles. The highest BCUT2D eigenvalue weighted by molar-refractivity contribution is 7.91. The zero-order valence-corrected chi connectivity index (χ0v) is 11.4. The highest BCUT2D eigenvalue weighted by Crippen LogP contribution is 2.31. The Morgan fingerprint density at radius 2 is 1.50 bits per heavy atom. The molecule has 0 bridgehead atoms. The van der Waals surface area contributed by atoms with E-state index in [-0.39, 0.29) is 14.8 Å². The number of rotatable bonds is 2. The quantitative estimate of drug-likeness (QED) is 0.831. The minimum atomic E-state index is -4.50. The van der Waals surface area contributed by atoms with Gasteiger partial charge in [-0.25, -0.2) is 8.42 Å². The summed E-state index contributed by atoms with van der Waals surface area (Å²) in [6.45, 7) is 0. The molecule has 0 aromatic heterocycles. The van der Waals surface area contributed by atoms with E-state index in [1.807, 2.05) is 0 Å². The molecule has 7 heteroatoms. The van der Waals surface area contributed by atoms with Crippen molar-refractivity contribution in [1.82, 2.24) is 0 Å². The first-order chi connectivity index (χ1) is 9.21. The largest absolute Gasteiger partial charge is 0.416 e. The smallest absolute Gasteiger partial charge is 0.219 e. The van der Waals surface area contributed by atoms with Gasteiger partial charge in [0, 0.05) is 5.02 Å². The summed E-state index contributed by atoms with van der Waals surface area (Å²) in [5.41, 5.74) is -0.900. The van der Waals surface area contributed by atoms with Gasteiger partial charge in [0.1, 0.15) is 0 Å². The lowest BCUT2D eigenvalue weighted by Gasteiger charge is -2.08. The van der Waals surface area contributed by atoms with Gasteiger partial charge in [0.15, 0.2) is 0 Å². The second-order valence-electron chi connectivity index (χ2n) is 3.98. The molecule has 0 aliphatic rings. The first-order valence-corrected chi connectivity index (χ1v) is 7.25. The molecule has 0 aliphatic carbocycles. The van der Waals surface area contributed by atoms with Crippen molar-refractivity contribution in [3.05, 3.63) is 59.1 Å². The first-order valence-electron chi connectivity index (χ1n) is 5.39. The first kappa shape index (κ1) is 14.9. The van der Waals surface area contributed by atoms with E-state index >= 15 is 0 Å². The number of hydrogen-bond donors (Lipinski definition) is 0. The van der Waals surface area contributed by atoms with Crippen LogP contribution in [-0.2, 0) is 16.0 Å². The summed E-state index contributed by atoms with van der Waals surface area (Å²) in [6.07, 6.45) is -4.50. The number of hydrogen-bond acceptors (Lipinski definition) is 2. The average molecular weight is 321 g/mol. The molecule has 0 fully saturated rings. The fraction of sp³-hybridized carbons (Fsp3) is 0.0769. The maximum atomic E-state index is 12.4. The van der Waals surface area contributed by atoms with Crippen molar-refractivity contribution >= 4 is 21.4 Å². The van der Waals surface area contributed by atoms with Crippen molar-refractivity contribution in [2.45, 2.75) is 16.0 Å². The zero-order chi connectivity index (χ0) is 15.0. The van der Waals surface area contributed by atoms with Gasteiger partial charge >= 0.3 is 6.18 Å². The van der Waals surface area contributed by atoms with Crippen LogP contribution in [0.15, 0.2) is 58.3 Å². The van der Waals surface area contributed by atoms with Crippen molar-refractivity contribution < 1.29 is 21.6 Å². The normalized spacial score (nSPS) is 12.4. The van der Waals surface area contributed by atoms with Crippen LogP contribution in [-0.4, -0.2) is 8.42 Å². The van der Waals surface area contributed by atoms with Crippen LogP contribution in [0.1, 0.15) is 5.56 Å². The van der Waals surface area contributed by atoms with Gasteiger partial charge in [-0.2, -0.15) is 13.2 Å². The fourth-order valence-corrected chi connectivity index (χ4v) is 3.15. The number of alkyl halides is 3. The molecule has 0 atom stereocenters. The average Bonchev–Trinajstić information content (AvgIpc) is 2.38. The van der Waals surface area contributed by atoms with Crippen LogP contribution in [0.4, 0.5) is 13.2 Å². The molecule has 0 N–H and O–H groups in total. The van der Waals surface area contributed by atoms with Crippen LogP contribution >= 0.6 is 11.6 Å². The minimum absolute atomic E-state index is 0.0650. The standard InChI is InChI=1S/C13H8ClF3O2S/c14-10-2-1-3-12(8-10)20(18,19)11-6-4-9(5-7-11)13(15,16)17/h1-8H. The highest BCUT2D eigenvalue weighted by atomic mass is 35.5. The van der Waals surface area contributed by atoms with Gasteiger partial charge in [-0.05, 0) is 42.5 Å². The Bertz CT molecular complexity index is 722. The third-order valence-electron chi connectivity index (χ3n) is 2.60. The van der Waals surface area contributed by atoms with E-state index in [9.17, 15) is 21.6 Å². The maximum Gasteiger partial charge on any atom is 0.416 e. The lowest BCUT2D eigenvalue weighted by molar-refractivity contribution is -0.137. The summed E-state index contributed by atoms with van der Waals surface area (Å²) in [6, 6.07) is 8.87. The van der Waals surface area contributed by atoms with Crippen molar-refractivity contribution in [2.24, 2.45) is 0 Å². The molecule has 0 heterocycles. The summed E-state index contributed by atoms with van der Waals surface area (Å²) in [5, 5.41) is 0.234. The number of benzene rings is 2. The van der Waals surface area contributed by atoms with Crippen LogP contribution in [0.5, 0.6) is 0 Å². The molecule has 2 nitrogen and oxygen atoms in total. The van der Waals surface area contributed by atoms with Gasteiger partial charge < -0.3 is 0 Å². The Morgan fingerprint density at radius 1 is 0.900 bits per heavy atom. The van der Waals surface area contributed by atoms with E-state index in [1.54, 1.807) is 0 Å². The van der Waals surface area contributed by atoms with Crippen molar-refractivity contribution in [3.63, 3.8) is 0 Å². The summed E-state index contributed by atoms with van der Waals surface area (Å²) in [4.78, 5) is -0.280. The zero-order valence-electron chi connectivity index (χ0n) is 9.86. The lowest BCUT2D eigenvalue weighted by Crippen LogP contribution is -2.06. The molecule has 0 saturated carbocycles. The van der Waals surface area contributed by atoms with E-state index in [0.717, 1.165) is 24.3 Å². The Hall–Kier alpha value is -1.53. The Kier molecular flexibility index (Phi) is 3.80. The fourth-order valence-electron chi connectivity index (χ4n) is 1.59. The lowest BCUT2D eigenvalue weighted by atomic mass is 10.2. The molecule has 0 unspecified atom stereocenters. The molecule has 0 spiro atoms. The van der Waals surface area contributed by atoms with Crippen LogP contribution in [0, 0.1) is 0 Å². The number of sulfone groups is 1. The van der Waals surface area contributed by atoms with Gasteiger partial charge in [-0.3, -0.25) is 0 Å². The predicted octanol–water partition coefficient (Wildman–Crippen LogP) is 4.19. The summed E-state index contributed by atoms with van der Waals surface area (Å²) in [5.74, 6) is 0. The van der Waals surface area contributed by atoms with E-state index in [0.29, 0.717) is 0 Å². The molecular weight excluding hydrogens is 313 g/mol. The van der Waals surface area contributed by atoms with Gasteiger partial charge in [-0.1, -0.05) is 17.7 Å². The molecule has 0 radical (unpaired) electrons. The molecular formula is C13H8ClF3O2S. The van der Waals surface area contributed by atoms with Gasteiger partial charge in [-0.15, -0.1) is 0 Å². The topological polar surface area (TPSA) is 34.1 Å². The van der Waals surface area contributed by atoms with Crippen molar-refractivity contribution in [1.29, 1.82) is 0 Å². The van der Waals surface area contributed by atoms with Crippen LogP contribution in [0.25, 0.3) is 0 Å². The SMILES string of the molecule is O=S(=O)(c1ccc(C(F)(F)F)cc1)c1cccc(Cl)c1. The molecule has 106 valence electrons. The van der Waals surface area contributed by atoms with Crippen molar-refractivity contribution in [2.75, 3.05) is 0 Å². The summed E-state index contributed by atoms with van der Waals surface area (Å²) < 4.78 is 61.7. The molecule has 2 aromatic rings. The Morgan fingerprint density at radius 3 is 2.00 bits per heavy atom. The Labute approximate surface area is 118 Å². The predicted molar refractivity (Wildman–Crippen MR) is 68.3 cm³/mol.